The second-order valence-corrected chi connectivity index (χ2v) is 12.4. The van der Waals surface area contributed by atoms with E-state index in [4.69, 9.17) is 13.9 Å². The standard InChI is InChI=1S/C27H31NO3.C6H14O2.C4H10/c1-26(2,3)22-14-20(15-23(24(22)30)27(4,5)6)25-28-21(17-31-25)9-7-8-18-10-12-19(16-29)13-11-18;1-4-7-6(3)8-5-2;1-3-4-2/h7-8,10-17,30H,9H2,1-6H3;6H,4-5H2,1-3H3;3-4H2,1-2H3/b8-7-;;. The quantitative estimate of drug-likeness (QED) is 0.186. The van der Waals surface area contributed by atoms with Crippen molar-refractivity contribution in [3.63, 3.8) is 0 Å². The first-order valence-corrected chi connectivity index (χ1v) is 15.5. The van der Waals surface area contributed by atoms with Crippen LogP contribution < -0.4 is 0 Å². The summed E-state index contributed by atoms with van der Waals surface area (Å²) in [4.78, 5) is 15.4. The summed E-state index contributed by atoms with van der Waals surface area (Å²) in [5.41, 5.74) is 4.73. The molecule has 0 aliphatic carbocycles. The molecule has 0 unspecified atom stereocenters. The van der Waals surface area contributed by atoms with Gasteiger partial charge in [0.1, 0.15) is 18.3 Å². The number of carbonyl (C=O) groups is 1. The third-order valence-corrected chi connectivity index (χ3v) is 6.54. The Hall–Kier alpha value is -3.22. The Balaban J connectivity index is 0.000000651. The van der Waals surface area contributed by atoms with E-state index in [1.165, 1.54) is 12.8 Å². The van der Waals surface area contributed by atoms with Crippen LogP contribution in [-0.4, -0.2) is 35.9 Å². The molecule has 3 rings (SSSR count). The predicted molar refractivity (Wildman–Crippen MR) is 179 cm³/mol. The van der Waals surface area contributed by atoms with E-state index < -0.39 is 0 Å². The molecule has 1 heterocycles. The fourth-order valence-corrected chi connectivity index (χ4v) is 3.95. The van der Waals surface area contributed by atoms with Crippen LogP contribution in [0, 0.1) is 0 Å². The molecule has 0 spiro atoms. The molecule has 3 aromatic rings. The zero-order chi connectivity index (χ0) is 32.6. The summed E-state index contributed by atoms with van der Waals surface area (Å²) in [6.07, 6.45) is 9.77. The topological polar surface area (TPSA) is 81.8 Å². The molecule has 6 heteroatoms. The van der Waals surface area contributed by atoms with Gasteiger partial charge in [-0.2, -0.15) is 0 Å². The summed E-state index contributed by atoms with van der Waals surface area (Å²) in [6.45, 7) is 24.1. The Morgan fingerprint density at radius 3 is 1.77 bits per heavy atom. The average Bonchev–Trinajstić information content (AvgIpc) is 3.42. The van der Waals surface area contributed by atoms with E-state index in [0.717, 1.165) is 47.4 Å². The van der Waals surface area contributed by atoms with Crippen LogP contribution in [0.1, 0.15) is 122 Å². The fourth-order valence-electron chi connectivity index (χ4n) is 3.95. The number of oxazole rings is 1. The van der Waals surface area contributed by atoms with Crippen LogP contribution in [0.2, 0.25) is 0 Å². The second-order valence-electron chi connectivity index (χ2n) is 12.4. The van der Waals surface area contributed by atoms with Gasteiger partial charge < -0.3 is 19.0 Å². The van der Waals surface area contributed by atoms with Gasteiger partial charge >= 0.3 is 0 Å². The lowest BCUT2D eigenvalue weighted by molar-refractivity contribution is -0.123. The third kappa shape index (κ3) is 13.3. The van der Waals surface area contributed by atoms with Crippen LogP contribution in [0.5, 0.6) is 5.75 Å². The number of rotatable bonds is 10. The molecule has 0 amide bonds. The minimum atomic E-state index is -0.211. The van der Waals surface area contributed by atoms with E-state index in [1.807, 2.05) is 57.2 Å². The van der Waals surface area contributed by atoms with Gasteiger partial charge in [0.15, 0.2) is 6.29 Å². The van der Waals surface area contributed by atoms with Crippen molar-refractivity contribution in [2.24, 2.45) is 0 Å². The van der Waals surface area contributed by atoms with Crippen molar-refractivity contribution in [3.05, 3.63) is 76.7 Å². The van der Waals surface area contributed by atoms with E-state index in [0.29, 0.717) is 23.6 Å². The summed E-state index contributed by atoms with van der Waals surface area (Å²) >= 11 is 0. The lowest BCUT2D eigenvalue weighted by Gasteiger charge is -2.27. The van der Waals surface area contributed by atoms with Gasteiger partial charge in [-0.15, -0.1) is 0 Å². The highest BCUT2D eigenvalue weighted by Crippen LogP contribution is 2.41. The van der Waals surface area contributed by atoms with Crippen molar-refractivity contribution in [1.29, 1.82) is 0 Å². The minimum absolute atomic E-state index is 0.0370. The highest BCUT2D eigenvalue weighted by molar-refractivity contribution is 5.75. The smallest absolute Gasteiger partial charge is 0.226 e. The fraction of sp³-hybridized carbons (Fsp3) is 0.514. The van der Waals surface area contributed by atoms with Gasteiger partial charge in [-0.25, -0.2) is 4.98 Å². The number of aromatic nitrogens is 1. The number of nitrogens with zero attached hydrogens (tertiary/aromatic N) is 1. The number of allylic oxidation sites excluding steroid dienone is 1. The third-order valence-electron chi connectivity index (χ3n) is 6.54. The minimum Gasteiger partial charge on any atom is -0.507 e. The van der Waals surface area contributed by atoms with Gasteiger partial charge in [0.05, 0.1) is 5.69 Å². The largest absolute Gasteiger partial charge is 0.507 e. The van der Waals surface area contributed by atoms with Crippen LogP contribution in [0.3, 0.4) is 0 Å². The maximum atomic E-state index is 10.9. The predicted octanol–water partition coefficient (Wildman–Crippen LogP) is 9.92. The molecule has 6 nitrogen and oxygen atoms in total. The van der Waals surface area contributed by atoms with Crippen molar-refractivity contribution in [2.45, 2.75) is 113 Å². The van der Waals surface area contributed by atoms with Crippen molar-refractivity contribution in [3.8, 4) is 17.2 Å². The van der Waals surface area contributed by atoms with Gasteiger partial charge in [-0.1, -0.05) is 105 Å². The zero-order valence-electron chi connectivity index (χ0n) is 28.4. The molecule has 0 fully saturated rings. The number of benzene rings is 2. The first-order valence-electron chi connectivity index (χ1n) is 15.5. The van der Waals surface area contributed by atoms with Crippen molar-refractivity contribution < 1.29 is 23.8 Å². The first-order chi connectivity index (χ1) is 20.2. The highest BCUT2D eigenvalue weighted by Gasteiger charge is 2.27. The number of hydrogen-bond acceptors (Lipinski definition) is 6. The molecule has 1 N–H and O–H groups in total. The molecule has 0 aliphatic rings. The lowest BCUT2D eigenvalue weighted by atomic mass is 9.78. The van der Waals surface area contributed by atoms with Crippen LogP contribution in [0.15, 0.2) is 53.2 Å². The van der Waals surface area contributed by atoms with Crippen molar-refractivity contribution >= 4 is 12.4 Å². The number of aldehydes is 1. The molecular weight excluding hydrogens is 538 g/mol. The normalized spacial score (nSPS) is 11.6. The maximum Gasteiger partial charge on any atom is 0.226 e. The van der Waals surface area contributed by atoms with E-state index in [9.17, 15) is 9.90 Å². The Labute approximate surface area is 260 Å². The number of phenols is 1. The average molecular weight is 594 g/mol. The number of carbonyl (C=O) groups excluding carboxylic acids is 1. The van der Waals surface area contributed by atoms with E-state index in [2.05, 4.69) is 60.4 Å². The molecule has 0 aliphatic heterocycles. The summed E-state index contributed by atoms with van der Waals surface area (Å²) in [7, 11) is 0. The molecule has 238 valence electrons. The van der Waals surface area contributed by atoms with Crippen molar-refractivity contribution in [1.82, 2.24) is 4.98 Å². The first kappa shape index (κ1) is 37.8. The van der Waals surface area contributed by atoms with Crippen LogP contribution in [0.4, 0.5) is 0 Å². The summed E-state index contributed by atoms with van der Waals surface area (Å²) in [5.74, 6) is 0.897. The van der Waals surface area contributed by atoms with Gasteiger partial charge in [0.25, 0.3) is 0 Å². The van der Waals surface area contributed by atoms with E-state index in [1.54, 1.807) is 18.4 Å². The Bertz CT molecular complexity index is 1200. The lowest BCUT2D eigenvalue weighted by Crippen LogP contribution is -2.17. The molecule has 0 radical (unpaired) electrons. The molecule has 0 atom stereocenters. The monoisotopic (exact) mass is 593 g/mol. The summed E-state index contributed by atoms with van der Waals surface area (Å²) in [5, 5.41) is 10.9. The molecule has 0 bridgehead atoms. The Morgan fingerprint density at radius 1 is 0.860 bits per heavy atom. The van der Waals surface area contributed by atoms with Crippen LogP contribution in [-0.2, 0) is 26.7 Å². The molecule has 0 saturated carbocycles. The van der Waals surface area contributed by atoms with E-state index >= 15 is 0 Å². The van der Waals surface area contributed by atoms with E-state index in [-0.39, 0.29) is 17.1 Å². The summed E-state index contributed by atoms with van der Waals surface area (Å²) < 4.78 is 15.9. The Morgan fingerprint density at radius 2 is 1.35 bits per heavy atom. The van der Waals surface area contributed by atoms with Gasteiger partial charge in [0.2, 0.25) is 5.89 Å². The van der Waals surface area contributed by atoms with Gasteiger partial charge in [-0.05, 0) is 49.3 Å². The number of aromatic hydroxyl groups is 1. The maximum absolute atomic E-state index is 10.9. The number of phenolic OH excluding ortho intramolecular Hbond substituents is 1. The number of hydrogen-bond donors (Lipinski definition) is 1. The molecule has 1 aromatic heterocycles. The molecule has 0 saturated heterocycles. The van der Waals surface area contributed by atoms with Gasteiger partial charge in [-0.3, -0.25) is 4.79 Å². The van der Waals surface area contributed by atoms with Gasteiger partial charge in [0, 0.05) is 41.9 Å². The molecular formula is C37H55NO5. The van der Waals surface area contributed by atoms with Crippen molar-refractivity contribution in [2.75, 3.05) is 13.2 Å². The number of ether oxygens (including phenoxy) is 2. The summed E-state index contributed by atoms with van der Waals surface area (Å²) in [6, 6.07) is 11.4. The van der Waals surface area contributed by atoms with Crippen LogP contribution in [0.25, 0.3) is 17.5 Å². The second kappa shape index (κ2) is 18.4. The highest BCUT2D eigenvalue weighted by atomic mass is 16.7. The SMILES string of the molecule is CC(C)(C)c1cc(-c2nc(C/C=C\c3ccc(C=O)cc3)co2)cc(C(C)(C)C)c1O.CCCC.CCOC(C)OCC. The number of unbranched alkanes of at least 4 members (excludes halogenated alkanes) is 1. The zero-order valence-corrected chi connectivity index (χ0v) is 28.4. The van der Waals surface area contributed by atoms with Crippen LogP contribution >= 0.6 is 0 Å². The molecule has 2 aromatic carbocycles. The Kier molecular flexibility index (Phi) is 16.2. The molecule has 43 heavy (non-hydrogen) atoms.